The number of benzene rings is 2. The maximum Gasteiger partial charge on any atom is 0.407 e. The molecule has 8 heteroatoms. The Morgan fingerprint density at radius 3 is 2.62 bits per heavy atom. The smallest absolute Gasteiger partial charge is 0.407 e. The molecule has 0 saturated carbocycles. The summed E-state index contributed by atoms with van der Waals surface area (Å²) in [6.45, 7) is 0.180. The van der Waals surface area contributed by atoms with Gasteiger partial charge >= 0.3 is 6.09 Å². The molecule has 0 heterocycles. The maximum atomic E-state index is 13.7. The third-order valence-electron chi connectivity index (χ3n) is 3.75. The summed E-state index contributed by atoms with van der Waals surface area (Å²) in [5.74, 6) is -0.849. The molecule has 2 aromatic carbocycles. The first-order valence-corrected chi connectivity index (χ1v) is 8.32. The number of amides is 1. The average molecular weight is 383 g/mol. The molecule has 0 aliphatic heterocycles. The van der Waals surface area contributed by atoms with Crippen LogP contribution >= 0.6 is 11.6 Å². The molecule has 2 rings (SSSR count). The lowest BCUT2D eigenvalue weighted by atomic mass is 10.0. The first kappa shape index (κ1) is 20.0. The van der Waals surface area contributed by atoms with Gasteiger partial charge in [0.15, 0.2) is 5.82 Å². The van der Waals surface area contributed by atoms with Crippen molar-refractivity contribution in [3.8, 4) is 0 Å². The summed E-state index contributed by atoms with van der Waals surface area (Å²) in [5.41, 5.74) is 6.11. The van der Waals surface area contributed by atoms with Gasteiger partial charge in [-0.05, 0) is 18.1 Å². The zero-order valence-electron chi connectivity index (χ0n) is 13.9. The van der Waals surface area contributed by atoms with Crippen molar-refractivity contribution in [1.82, 2.24) is 5.32 Å². The highest BCUT2D eigenvalue weighted by atomic mass is 35.5. The highest BCUT2D eigenvalue weighted by Crippen LogP contribution is 2.31. The number of aliphatic hydroxyl groups is 2. The van der Waals surface area contributed by atoms with Crippen LogP contribution in [0.1, 0.15) is 23.7 Å². The quantitative estimate of drug-likeness (QED) is 0.551. The van der Waals surface area contributed by atoms with Gasteiger partial charge in [0.05, 0.1) is 16.8 Å². The summed E-state index contributed by atoms with van der Waals surface area (Å²) in [5, 5.41) is 22.3. The number of anilines is 1. The van der Waals surface area contributed by atoms with Crippen LogP contribution in [0.3, 0.4) is 0 Å². The highest BCUT2D eigenvalue weighted by molar-refractivity contribution is 6.31. The van der Waals surface area contributed by atoms with E-state index in [2.05, 4.69) is 5.32 Å². The van der Waals surface area contributed by atoms with Crippen molar-refractivity contribution in [2.24, 2.45) is 0 Å². The molecule has 5 N–H and O–H groups in total. The third kappa shape index (κ3) is 5.32. The molecule has 2 atom stereocenters. The Bertz CT molecular complexity index is 745. The van der Waals surface area contributed by atoms with E-state index in [-0.39, 0.29) is 35.8 Å². The van der Waals surface area contributed by atoms with Crippen LogP contribution in [0.2, 0.25) is 5.02 Å². The highest BCUT2D eigenvalue weighted by Gasteiger charge is 2.23. The van der Waals surface area contributed by atoms with Crippen molar-refractivity contribution in [2.45, 2.75) is 25.2 Å². The fraction of sp³-hybridized carbons (Fsp3) is 0.278. The lowest BCUT2D eigenvalue weighted by molar-refractivity contribution is 0.0135. The number of halogens is 2. The number of rotatable bonds is 7. The Kier molecular flexibility index (Phi) is 7.20. The maximum absolute atomic E-state index is 13.7. The summed E-state index contributed by atoms with van der Waals surface area (Å²) < 4.78 is 18.7. The number of carbonyl (C=O) groups excluding carboxylic acids is 1. The van der Waals surface area contributed by atoms with Gasteiger partial charge in [-0.15, -0.1) is 0 Å². The normalized spacial score (nSPS) is 13.1. The van der Waals surface area contributed by atoms with Crippen LogP contribution in [0, 0.1) is 5.82 Å². The lowest BCUT2D eigenvalue weighted by Crippen LogP contribution is -2.30. The molecule has 0 aromatic heterocycles. The van der Waals surface area contributed by atoms with Crippen molar-refractivity contribution in [2.75, 3.05) is 12.3 Å². The Hall–Kier alpha value is -2.35. The largest absolute Gasteiger partial charge is 0.445 e. The first-order chi connectivity index (χ1) is 12.4. The molecule has 140 valence electrons. The molecule has 0 aliphatic carbocycles. The minimum atomic E-state index is -1.42. The molecule has 0 bridgehead atoms. The number of carbonyl (C=O) groups is 1. The number of nitrogen functional groups attached to an aromatic ring is 1. The number of aliphatic hydroxyl groups excluding tert-OH is 2. The van der Waals surface area contributed by atoms with Crippen LogP contribution in [-0.2, 0) is 11.3 Å². The fourth-order valence-electron chi connectivity index (χ4n) is 2.27. The number of ether oxygens (including phenoxy) is 1. The Morgan fingerprint density at radius 1 is 1.23 bits per heavy atom. The summed E-state index contributed by atoms with van der Waals surface area (Å²) >= 11 is 5.81. The van der Waals surface area contributed by atoms with Crippen LogP contribution < -0.4 is 11.1 Å². The number of nitrogens with one attached hydrogen (secondary N) is 1. The van der Waals surface area contributed by atoms with Crippen molar-refractivity contribution in [1.29, 1.82) is 0 Å². The first-order valence-electron chi connectivity index (χ1n) is 7.94. The Balaban J connectivity index is 1.78. The minimum Gasteiger partial charge on any atom is -0.445 e. The van der Waals surface area contributed by atoms with Gasteiger partial charge in [0.1, 0.15) is 12.7 Å². The van der Waals surface area contributed by atoms with E-state index in [4.69, 9.17) is 22.1 Å². The van der Waals surface area contributed by atoms with Gasteiger partial charge in [-0.2, -0.15) is 0 Å². The summed E-state index contributed by atoms with van der Waals surface area (Å²) in [4.78, 5) is 11.6. The zero-order chi connectivity index (χ0) is 19.1. The van der Waals surface area contributed by atoms with Crippen LogP contribution in [-0.4, -0.2) is 29.0 Å². The van der Waals surface area contributed by atoms with Gasteiger partial charge in [0.25, 0.3) is 0 Å². The second-order valence-electron chi connectivity index (χ2n) is 5.66. The van der Waals surface area contributed by atoms with Crippen molar-refractivity contribution in [3.05, 3.63) is 64.4 Å². The van der Waals surface area contributed by atoms with E-state index >= 15 is 0 Å². The number of hydrogen-bond donors (Lipinski definition) is 4. The van der Waals surface area contributed by atoms with Gasteiger partial charge in [-0.3, -0.25) is 0 Å². The molecule has 6 nitrogen and oxygen atoms in total. The molecular formula is C18H20ClFN2O4. The third-order valence-corrected chi connectivity index (χ3v) is 4.13. The minimum absolute atomic E-state index is 0.0178. The van der Waals surface area contributed by atoms with Crippen LogP contribution in [0.15, 0.2) is 42.5 Å². The molecule has 26 heavy (non-hydrogen) atoms. The number of alkyl carbamates (subject to hydrolysis) is 1. The fourth-order valence-corrected chi connectivity index (χ4v) is 2.55. The topological polar surface area (TPSA) is 105 Å². The zero-order valence-corrected chi connectivity index (χ0v) is 14.6. The van der Waals surface area contributed by atoms with Crippen molar-refractivity contribution in [3.63, 3.8) is 0 Å². The van der Waals surface area contributed by atoms with Crippen LogP contribution in [0.5, 0.6) is 0 Å². The molecule has 0 saturated heterocycles. The number of hydrogen-bond acceptors (Lipinski definition) is 5. The SMILES string of the molecule is Nc1ccc(C(O)C(O)CCNC(=O)OCc2ccccc2)c(Cl)c1F. The predicted molar refractivity (Wildman–Crippen MR) is 96.0 cm³/mol. The van der Waals surface area contributed by atoms with Gasteiger partial charge in [0.2, 0.25) is 0 Å². The molecular weight excluding hydrogens is 363 g/mol. The second kappa shape index (κ2) is 9.38. The van der Waals surface area contributed by atoms with Gasteiger partial charge in [0, 0.05) is 12.1 Å². The standard InChI is InChI=1S/C18H20ClFN2O4/c19-15-12(6-7-13(21)16(15)20)17(24)14(23)8-9-22-18(25)26-10-11-4-2-1-3-5-11/h1-7,14,17,23-24H,8-10,21H2,(H,22,25). The van der Waals surface area contributed by atoms with Gasteiger partial charge < -0.3 is 26.0 Å². The predicted octanol–water partition coefficient (Wildman–Crippen LogP) is 2.77. The van der Waals surface area contributed by atoms with Crippen molar-refractivity contribution < 1.29 is 24.1 Å². The van der Waals surface area contributed by atoms with E-state index in [0.29, 0.717) is 0 Å². The van der Waals surface area contributed by atoms with Gasteiger partial charge in [-0.1, -0.05) is 48.0 Å². The number of nitrogens with two attached hydrogens (primary N) is 1. The average Bonchev–Trinajstić information content (AvgIpc) is 2.65. The molecule has 1 amide bonds. The van der Waals surface area contributed by atoms with Crippen LogP contribution in [0.4, 0.5) is 14.9 Å². The van der Waals surface area contributed by atoms with Gasteiger partial charge in [-0.25, -0.2) is 9.18 Å². The lowest BCUT2D eigenvalue weighted by Gasteiger charge is -2.20. The van der Waals surface area contributed by atoms with E-state index < -0.39 is 24.1 Å². The monoisotopic (exact) mass is 382 g/mol. The van der Waals surface area contributed by atoms with E-state index in [1.54, 1.807) is 0 Å². The summed E-state index contributed by atoms with van der Waals surface area (Å²) in [6, 6.07) is 11.8. The van der Waals surface area contributed by atoms with Crippen molar-refractivity contribution >= 4 is 23.4 Å². The molecule has 0 radical (unpaired) electrons. The second-order valence-corrected chi connectivity index (χ2v) is 6.04. The molecule has 2 unspecified atom stereocenters. The van der Waals surface area contributed by atoms with Crippen LogP contribution in [0.25, 0.3) is 0 Å². The molecule has 0 fully saturated rings. The summed E-state index contributed by atoms with van der Waals surface area (Å²) in [7, 11) is 0. The molecule has 0 spiro atoms. The van der Waals surface area contributed by atoms with E-state index in [1.807, 2.05) is 30.3 Å². The Morgan fingerprint density at radius 2 is 1.92 bits per heavy atom. The van der Waals surface area contributed by atoms with E-state index in [9.17, 15) is 19.4 Å². The van der Waals surface area contributed by atoms with E-state index in [0.717, 1.165) is 5.56 Å². The van der Waals surface area contributed by atoms with E-state index in [1.165, 1.54) is 12.1 Å². The molecule has 2 aromatic rings. The molecule has 0 aliphatic rings. The Labute approximate surface area is 155 Å². The summed E-state index contributed by atoms with van der Waals surface area (Å²) in [6.07, 6.45) is -3.30.